The van der Waals surface area contributed by atoms with Gasteiger partial charge in [-0.15, -0.1) is 0 Å². The number of carboxylic acids is 1. The Kier molecular flexibility index (Phi) is 28.7. The number of hydrogen-bond acceptors (Lipinski definition) is 23. The largest absolute Gasteiger partial charge is 0.481 e. The number of carboxylic acid groups (broad SMARTS) is 1. The Morgan fingerprint density at radius 2 is 1.40 bits per heavy atom. The smallest absolute Gasteiger partial charge is 0.330 e. The molecule has 13 N–H and O–H groups in total. The summed E-state index contributed by atoms with van der Waals surface area (Å²) < 4.78 is 41.0. The van der Waals surface area contributed by atoms with Crippen LogP contribution in [0.2, 0.25) is 0 Å². The van der Waals surface area contributed by atoms with Crippen molar-refractivity contribution in [1.82, 2.24) is 0 Å². The number of carbonyl (C=O) groups is 4. The minimum absolute atomic E-state index is 0.0265. The average molecular weight is 1170 g/mol. The molecule has 470 valence electrons. The lowest BCUT2D eigenvalue weighted by Gasteiger charge is -2.45. The van der Waals surface area contributed by atoms with Crippen molar-refractivity contribution in [3.05, 3.63) is 12.2 Å². The number of unbranched alkanes of at least 4 members (excludes halogenated alkanes) is 1. The number of epoxide rings is 1. The fourth-order valence-electron chi connectivity index (χ4n) is 11.5. The molecule has 0 saturated carbocycles. The number of esters is 3. The van der Waals surface area contributed by atoms with E-state index in [1.165, 1.54) is 6.08 Å². The molecule has 4 aliphatic heterocycles. The van der Waals surface area contributed by atoms with Gasteiger partial charge in [-0.25, -0.2) is 4.79 Å². The Morgan fingerprint density at radius 3 is 2.06 bits per heavy atom. The van der Waals surface area contributed by atoms with Crippen LogP contribution in [0.15, 0.2) is 12.2 Å². The van der Waals surface area contributed by atoms with Gasteiger partial charge in [-0.1, -0.05) is 54.0 Å². The summed E-state index contributed by atoms with van der Waals surface area (Å²) in [5, 5.41) is 143. The van der Waals surface area contributed by atoms with E-state index in [0.29, 0.717) is 6.42 Å². The highest BCUT2D eigenvalue weighted by atomic mass is 16.7. The molecule has 0 unspecified atom stereocenters. The molecule has 4 heterocycles. The van der Waals surface area contributed by atoms with Crippen LogP contribution in [-0.4, -0.2) is 218 Å². The summed E-state index contributed by atoms with van der Waals surface area (Å²) in [5.74, 6) is -10.0. The molecule has 0 amide bonds. The number of aliphatic carboxylic acids is 1. The summed E-state index contributed by atoms with van der Waals surface area (Å²) >= 11 is 0. The highest BCUT2D eigenvalue weighted by Crippen LogP contribution is 2.41. The number of rotatable bonds is 15. The van der Waals surface area contributed by atoms with Crippen molar-refractivity contribution >= 4 is 23.9 Å². The molecule has 26 atom stereocenters. The van der Waals surface area contributed by atoms with Gasteiger partial charge in [-0.2, -0.15) is 0 Å². The first kappa shape index (κ1) is 70.5. The van der Waals surface area contributed by atoms with Crippen LogP contribution < -0.4 is 0 Å². The maximum atomic E-state index is 13.6. The Labute approximate surface area is 475 Å². The Morgan fingerprint density at radius 1 is 0.728 bits per heavy atom. The van der Waals surface area contributed by atoms with Crippen LogP contribution in [0.3, 0.4) is 0 Å². The standard InChI is InChI=1S/C57H98O24/c1-9-10-16-46(67)78-44-25-49(76-34(8)52(44)72)75-33(7)29(3)50(70)30(4)51(71)31(5)53-32(6)54-55(80-54)41(62)15-12-14-39(77-48(69)26-45(65)66)22-38(61)23-40-24-42(63)56(73)57(74,81-40)27-43(64)28(2)18-19-36(59)21-37(60)20-35(58)13-11-17-47(68)79-53/h11,17,28-44,49-56,58-64,70-74H,9-10,12-16,18-27H2,1-8H3,(H,65,66)/b17-11-/t28-,29+,30-,31-,32-,33+,34-,35-,36+,37+,38+,39+,40-,41+,42+,43+,44-,49+,50-,51+,52+,53+,54-,55-,56-,57+/m1/s1. The third kappa shape index (κ3) is 22.1. The van der Waals surface area contributed by atoms with E-state index in [0.717, 1.165) is 12.5 Å². The van der Waals surface area contributed by atoms with Crippen LogP contribution in [0.1, 0.15) is 165 Å². The van der Waals surface area contributed by atoms with E-state index in [1.54, 1.807) is 48.5 Å². The number of carbonyl (C=O) groups excluding carboxylic acids is 3. The van der Waals surface area contributed by atoms with Gasteiger partial charge in [-0.05, 0) is 84.0 Å². The molecular formula is C57H98O24. The van der Waals surface area contributed by atoms with Gasteiger partial charge in [0.25, 0.3) is 0 Å². The zero-order valence-corrected chi connectivity index (χ0v) is 48.4. The maximum Gasteiger partial charge on any atom is 0.330 e. The zero-order chi connectivity index (χ0) is 60.6. The molecule has 2 bridgehead atoms. The molecule has 4 aliphatic rings. The first-order valence-corrected chi connectivity index (χ1v) is 29.3. The van der Waals surface area contributed by atoms with Crippen molar-refractivity contribution in [3.63, 3.8) is 0 Å². The molecule has 0 aromatic heterocycles. The van der Waals surface area contributed by atoms with Gasteiger partial charge in [0, 0.05) is 61.9 Å². The predicted molar refractivity (Wildman–Crippen MR) is 286 cm³/mol. The summed E-state index contributed by atoms with van der Waals surface area (Å²) in [4.78, 5) is 50.0. The molecule has 24 nitrogen and oxygen atoms in total. The van der Waals surface area contributed by atoms with E-state index in [4.69, 9.17) is 33.2 Å². The molecule has 4 rings (SSSR count). The number of aliphatic hydroxyl groups excluding tert-OH is 11. The van der Waals surface area contributed by atoms with E-state index < -0.39 is 194 Å². The lowest BCUT2D eigenvalue weighted by Crippen LogP contribution is -2.59. The predicted octanol–water partition coefficient (Wildman–Crippen LogP) is 1.18. The van der Waals surface area contributed by atoms with E-state index >= 15 is 0 Å². The van der Waals surface area contributed by atoms with Crippen molar-refractivity contribution in [2.75, 3.05) is 0 Å². The number of fused-ring (bicyclic) bond motifs is 3. The molecule has 0 aliphatic carbocycles. The minimum atomic E-state index is -2.47. The summed E-state index contributed by atoms with van der Waals surface area (Å²) in [6.07, 6.45) is -20.3. The monoisotopic (exact) mass is 1170 g/mol. The van der Waals surface area contributed by atoms with Crippen LogP contribution in [0.5, 0.6) is 0 Å². The fraction of sp³-hybridized carbons (Fsp3) is 0.895. The van der Waals surface area contributed by atoms with Crippen molar-refractivity contribution in [1.29, 1.82) is 0 Å². The molecule has 3 saturated heterocycles. The number of ether oxygens (including phenoxy) is 7. The van der Waals surface area contributed by atoms with Crippen LogP contribution in [-0.2, 0) is 52.3 Å². The van der Waals surface area contributed by atoms with Gasteiger partial charge in [0.1, 0.15) is 43.0 Å². The van der Waals surface area contributed by atoms with Crippen molar-refractivity contribution < 1.29 is 119 Å². The van der Waals surface area contributed by atoms with Gasteiger partial charge in [0.15, 0.2) is 12.1 Å². The zero-order valence-electron chi connectivity index (χ0n) is 48.4. The van der Waals surface area contributed by atoms with Gasteiger partial charge >= 0.3 is 23.9 Å². The van der Waals surface area contributed by atoms with Gasteiger partial charge in [-0.3, -0.25) is 14.4 Å². The lowest BCUT2D eigenvalue weighted by atomic mass is 9.77. The second-order valence-electron chi connectivity index (χ2n) is 23.9. The molecule has 24 heteroatoms. The normalized spacial score (nSPS) is 40.3. The minimum Gasteiger partial charge on any atom is -0.481 e. The second kappa shape index (κ2) is 33.0. The Hall–Kier alpha value is -3.02. The SMILES string of the molecule is CCCCC(=O)O[C@@H]1C[C@@H](O[C@@H](C)[C@H](C)[C@@H](O)[C@@H](C)[C@H](O)[C@@H](C)[C@@H]2OC(=O)/C=C\C[C@@H](O)C[C@H](O)C[C@@H](O)CC[C@@H](C)[C@@H](O)C[C@]3(O)O[C@H](C[C@@H](O)C[C@@H](OC(=O)CC(=O)O)CCC[C@H](O)[C@H]4O[C@@H]4[C@@H]2C)C[C@H](O)[C@H]3O)O[C@H](C)[C@@H]1O. The molecule has 81 heavy (non-hydrogen) atoms. The molecule has 0 aromatic carbocycles. The summed E-state index contributed by atoms with van der Waals surface area (Å²) in [6, 6.07) is 0. The van der Waals surface area contributed by atoms with Crippen molar-refractivity contribution in [2.24, 2.45) is 29.6 Å². The summed E-state index contributed by atoms with van der Waals surface area (Å²) in [7, 11) is 0. The molecular weight excluding hydrogens is 1070 g/mol. The van der Waals surface area contributed by atoms with E-state index in [2.05, 4.69) is 0 Å². The third-order valence-corrected chi connectivity index (χ3v) is 16.9. The highest BCUT2D eigenvalue weighted by Gasteiger charge is 2.53. The first-order valence-electron chi connectivity index (χ1n) is 29.3. The molecule has 0 aromatic rings. The third-order valence-electron chi connectivity index (χ3n) is 16.9. The van der Waals surface area contributed by atoms with Crippen molar-refractivity contribution in [3.8, 4) is 0 Å². The van der Waals surface area contributed by atoms with Crippen LogP contribution in [0.25, 0.3) is 0 Å². The quantitative estimate of drug-likeness (QED) is 0.0474. The first-order chi connectivity index (χ1) is 37.9. The lowest BCUT2D eigenvalue weighted by molar-refractivity contribution is -0.333. The van der Waals surface area contributed by atoms with Crippen molar-refractivity contribution in [2.45, 2.75) is 293 Å². The van der Waals surface area contributed by atoms with Crippen LogP contribution in [0, 0.1) is 29.6 Å². The summed E-state index contributed by atoms with van der Waals surface area (Å²) in [6.45, 7) is 13.6. The van der Waals surface area contributed by atoms with E-state index in [9.17, 15) is 85.6 Å². The Balaban J connectivity index is 1.53. The Bertz CT molecular complexity index is 1940. The number of aliphatic hydroxyl groups is 12. The van der Waals surface area contributed by atoms with Crippen LogP contribution >= 0.6 is 0 Å². The molecule has 0 radical (unpaired) electrons. The number of hydrogen-bond donors (Lipinski definition) is 13. The second-order valence-corrected chi connectivity index (χ2v) is 23.9. The highest BCUT2D eigenvalue weighted by molar-refractivity contribution is 5.90. The fourth-order valence-corrected chi connectivity index (χ4v) is 11.5. The summed E-state index contributed by atoms with van der Waals surface area (Å²) in [5.41, 5.74) is 0. The number of cyclic esters (lactones) is 1. The molecule has 0 spiro atoms. The van der Waals surface area contributed by atoms with Gasteiger partial charge in [0.2, 0.25) is 0 Å². The van der Waals surface area contributed by atoms with E-state index in [1.807, 2.05) is 6.92 Å². The maximum absolute atomic E-state index is 13.6. The van der Waals surface area contributed by atoms with Crippen LogP contribution in [0.4, 0.5) is 0 Å². The topological polar surface area (TPSA) is 399 Å². The van der Waals surface area contributed by atoms with Gasteiger partial charge < -0.3 is 99.5 Å². The molecule has 3 fully saturated rings. The van der Waals surface area contributed by atoms with Gasteiger partial charge in [0.05, 0.1) is 79.4 Å². The van der Waals surface area contributed by atoms with E-state index in [-0.39, 0.29) is 83.5 Å². The average Bonchev–Trinajstić information content (AvgIpc) is 4.22.